The van der Waals surface area contributed by atoms with Crippen LogP contribution in [0.5, 0.6) is 5.75 Å². The molecule has 2 aromatic rings. The number of hydrogen-bond acceptors (Lipinski definition) is 6. The van der Waals surface area contributed by atoms with Gasteiger partial charge in [0.25, 0.3) is 11.8 Å². The molecule has 1 aliphatic rings. The third kappa shape index (κ3) is 2.80. The predicted octanol–water partition coefficient (Wildman–Crippen LogP) is 1.60. The van der Waals surface area contributed by atoms with Gasteiger partial charge >= 0.3 is 0 Å². The molecule has 1 amide bonds. The summed E-state index contributed by atoms with van der Waals surface area (Å²) in [5, 5.41) is 3.79. The van der Waals surface area contributed by atoms with Crippen molar-refractivity contribution in [2.24, 2.45) is 0 Å². The average Bonchev–Trinajstić information content (AvgIpc) is 3.00. The van der Waals surface area contributed by atoms with Crippen LogP contribution in [0.2, 0.25) is 0 Å². The van der Waals surface area contributed by atoms with Gasteiger partial charge in [-0.1, -0.05) is 11.2 Å². The molecule has 0 radical (unpaired) electrons. The molecular formula is C15H17N3O4. The molecule has 1 saturated heterocycles. The van der Waals surface area contributed by atoms with Crippen LogP contribution in [0.4, 0.5) is 0 Å². The Morgan fingerprint density at radius 2 is 2.32 bits per heavy atom. The van der Waals surface area contributed by atoms with Crippen molar-refractivity contribution in [3.63, 3.8) is 0 Å². The third-order valence-corrected chi connectivity index (χ3v) is 3.53. The van der Waals surface area contributed by atoms with Crippen molar-refractivity contribution in [1.29, 1.82) is 0 Å². The highest BCUT2D eigenvalue weighted by Crippen LogP contribution is 2.25. The number of ether oxygens (including phenoxy) is 2. The van der Waals surface area contributed by atoms with E-state index in [4.69, 9.17) is 14.0 Å². The van der Waals surface area contributed by atoms with Crippen LogP contribution in [0, 0.1) is 6.92 Å². The number of morpholine rings is 1. The fourth-order valence-electron chi connectivity index (χ4n) is 2.42. The van der Waals surface area contributed by atoms with E-state index in [1.54, 1.807) is 43.2 Å². The fourth-order valence-corrected chi connectivity index (χ4v) is 2.42. The van der Waals surface area contributed by atoms with Crippen molar-refractivity contribution in [1.82, 2.24) is 15.0 Å². The van der Waals surface area contributed by atoms with Gasteiger partial charge in [-0.05, 0) is 25.1 Å². The number of amides is 1. The second-order valence-corrected chi connectivity index (χ2v) is 5.00. The molecule has 116 valence electrons. The molecule has 7 heteroatoms. The van der Waals surface area contributed by atoms with Gasteiger partial charge in [-0.3, -0.25) is 4.79 Å². The second kappa shape index (κ2) is 6.15. The Kier molecular flexibility index (Phi) is 4.06. The molecule has 1 aliphatic heterocycles. The van der Waals surface area contributed by atoms with Crippen LogP contribution in [0.25, 0.3) is 0 Å². The van der Waals surface area contributed by atoms with Gasteiger partial charge in [-0.2, -0.15) is 4.98 Å². The standard InChI is InChI=1S/C15H17N3O4/c1-10-16-14(22-17-10)13-9-21-7-6-18(13)15(19)11-4-3-5-12(8-11)20-2/h3-5,8,13H,6-7,9H2,1-2H3. The molecule has 1 unspecified atom stereocenters. The summed E-state index contributed by atoms with van der Waals surface area (Å²) in [6, 6.07) is 6.70. The summed E-state index contributed by atoms with van der Waals surface area (Å²) >= 11 is 0. The van der Waals surface area contributed by atoms with E-state index in [2.05, 4.69) is 10.1 Å². The van der Waals surface area contributed by atoms with Crippen LogP contribution < -0.4 is 4.74 Å². The summed E-state index contributed by atoms with van der Waals surface area (Å²) in [6.07, 6.45) is 0. The lowest BCUT2D eigenvalue weighted by Crippen LogP contribution is -2.43. The number of carbonyl (C=O) groups excluding carboxylic acids is 1. The number of benzene rings is 1. The largest absolute Gasteiger partial charge is 0.497 e. The fraction of sp³-hybridized carbons (Fsp3) is 0.400. The molecule has 22 heavy (non-hydrogen) atoms. The van der Waals surface area contributed by atoms with Gasteiger partial charge in [0.2, 0.25) is 0 Å². The van der Waals surface area contributed by atoms with Crippen molar-refractivity contribution in [2.45, 2.75) is 13.0 Å². The first-order valence-electron chi connectivity index (χ1n) is 7.02. The lowest BCUT2D eigenvalue weighted by molar-refractivity contribution is -0.0119. The number of carbonyl (C=O) groups is 1. The first-order valence-corrected chi connectivity index (χ1v) is 7.02. The Morgan fingerprint density at radius 1 is 1.45 bits per heavy atom. The summed E-state index contributed by atoms with van der Waals surface area (Å²) in [4.78, 5) is 18.7. The Labute approximate surface area is 127 Å². The van der Waals surface area contributed by atoms with Crippen LogP contribution in [-0.2, 0) is 4.74 Å². The number of nitrogens with zero attached hydrogens (tertiary/aromatic N) is 3. The Morgan fingerprint density at radius 3 is 3.05 bits per heavy atom. The van der Waals surface area contributed by atoms with Gasteiger partial charge in [0.05, 0.1) is 20.3 Å². The molecular weight excluding hydrogens is 286 g/mol. The molecule has 7 nitrogen and oxygen atoms in total. The zero-order valence-corrected chi connectivity index (χ0v) is 12.5. The molecule has 0 saturated carbocycles. The first kappa shape index (κ1) is 14.5. The maximum Gasteiger partial charge on any atom is 0.254 e. The van der Waals surface area contributed by atoms with E-state index < -0.39 is 0 Å². The van der Waals surface area contributed by atoms with Gasteiger partial charge in [0.15, 0.2) is 5.82 Å². The van der Waals surface area contributed by atoms with E-state index in [1.165, 1.54) is 0 Å². The molecule has 2 heterocycles. The highest BCUT2D eigenvalue weighted by molar-refractivity contribution is 5.94. The van der Waals surface area contributed by atoms with E-state index in [1.807, 2.05) is 0 Å². The molecule has 3 rings (SSSR count). The zero-order chi connectivity index (χ0) is 15.5. The van der Waals surface area contributed by atoms with Gasteiger partial charge < -0.3 is 18.9 Å². The predicted molar refractivity (Wildman–Crippen MR) is 76.6 cm³/mol. The average molecular weight is 303 g/mol. The summed E-state index contributed by atoms with van der Waals surface area (Å²) in [5.41, 5.74) is 0.558. The molecule has 0 bridgehead atoms. The zero-order valence-electron chi connectivity index (χ0n) is 12.5. The van der Waals surface area contributed by atoms with Crippen LogP contribution in [0.1, 0.15) is 28.1 Å². The van der Waals surface area contributed by atoms with E-state index >= 15 is 0 Å². The Balaban J connectivity index is 1.88. The lowest BCUT2D eigenvalue weighted by Gasteiger charge is -2.33. The van der Waals surface area contributed by atoms with Crippen molar-refractivity contribution in [3.8, 4) is 5.75 Å². The maximum absolute atomic E-state index is 12.8. The molecule has 0 aliphatic carbocycles. The SMILES string of the molecule is COc1cccc(C(=O)N2CCOCC2c2nc(C)no2)c1. The van der Waals surface area contributed by atoms with Gasteiger partial charge in [-0.25, -0.2) is 0 Å². The van der Waals surface area contributed by atoms with Crippen molar-refractivity contribution < 1.29 is 18.8 Å². The molecule has 1 atom stereocenters. The summed E-state index contributed by atoms with van der Waals surface area (Å²) in [7, 11) is 1.57. The summed E-state index contributed by atoms with van der Waals surface area (Å²) < 4.78 is 15.8. The highest BCUT2D eigenvalue weighted by atomic mass is 16.5. The Bertz CT molecular complexity index is 670. The van der Waals surface area contributed by atoms with Crippen LogP contribution in [-0.4, -0.2) is 47.8 Å². The minimum Gasteiger partial charge on any atom is -0.497 e. The summed E-state index contributed by atoms with van der Waals surface area (Å²) in [6.45, 7) is 3.05. The summed E-state index contributed by atoms with van der Waals surface area (Å²) in [5.74, 6) is 1.47. The molecule has 1 fully saturated rings. The van der Waals surface area contributed by atoms with Crippen molar-refractivity contribution in [2.75, 3.05) is 26.9 Å². The number of aryl methyl sites for hydroxylation is 1. The van der Waals surface area contributed by atoms with Gasteiger partial charge in [0, 0.05) is 12.1 Å². The Hall–Kier alpha value is -2.41. The van der Waals surface area contributed by atoms with Crippen LogP contribution in [0.15, 0.2) is 28.8 Å². The van der Waals surface area contributed by atoms with Gasteiger partial charge in [-0.15, -0.1) is 0 Å². The lowest BCUT2D eigenvalue weighted by atomic mass is 10.1. The first-order chi connectivity index (χ1) is 10.7. The van der Waals surface area contributed by atoms with Crippen molar-refractivity contribution >= 4 is 5.91 Å². The number of methoxy groups -OCH3 is 1. The third-order valence-electron chi connectivity index (χ3n) is 3.53. The van der Waals surface area contributed by atoms with E-state index in [0.717, 1.165) is 0 Å². The molecule has 1 aromatic heterocycles. The number of rotatable bonds is 3. The highest BCUT2D eigenvalue weighted by Gasteiger charge is 2.33. The molecule has 1 aromatic carbocycles. The van der Waals surface area contributed by atoms with Crippen LogP contribution >= 0.6 is 0 Å². The molecule has 0 N–H and O–H groups in total. The maximum atomic E-state index is 12.8. The smallest absolute Gasteiger partial charge is 0.254 e. The minimum absolute atomic E-state index is 0.108. The van der Waals surface area contributed by atoms with Crippen molar-refractivity contribution in [3.05, 3.63) is 41.5 Å². The quantitative estimate of drug-likeness (QED) is 0.857. The normalized spacial score (nSPS) is 18.3. The second-order valence-electron chi connectivity index (χ2n) is 5.00. The molecule has 0 spiro atoms. The van der Waals surface area contributed by atoms with Crippen LogP contribution in [0.3, 0.4) is 0 Å². The minimum atomic E-state index is -0.367. The van der Waals surface area contributed by atoms with Gasteiger partial charge in [0.1, 0.15) is 11.8 Å². The number of aromatic nitrogens is 2. The van der Waals surface area contributed by atoms with E-state index in [9.17, 15) is 4.79 Å². The van der Waals surface area contributed by atoms with E-state index in [0.29, 0.717) is 42.8 Å². The van der Waals surface area contributed by atoms with E-state index in [-0.39, 0.29) is 11.9 Å². The topological polar surface area (TPSA) is 77.7 Å². The monoisotopic (exact) mass is 303 g/mol. The number of hydrogen-bond donors (Lipinski definition) is 0.